The van der Waals surface area contributed by atoms with Crippen LogP contribution in [0.25, 0.3) is 21.2 Å². The van der Waals surface area contributed by atoms with Crippen LogP contribution >= 0.6 is 34.9 Å². The number of hydrogen-bond donors (Lipinski definition) is 5. The van der Waals surface area contributed by atoms with Gasteiger partial charge in [0.05, 0.1) is 16.6 Å². The molecule has 2 unspecified atom stereocenters. The highest BCUT2D eigenvalue weighted by atomic mass is 35.5. The van der Waals surface area contributed by atoms with Crippen molar-refractivity contribution in [1.29, 1.82) is 0 Å². The van der Waals surface area contributed by atoms with Crippen molar-refractivity contribution in [2.45, 2.75) is 80.7 Å². The fraction of sp³-hybridized carbons (Fsp3) is 0.360. The van der Waals surface area contributed by atoms with E-state index in [9.17, 15) is 33.9 Å². The third-order valence-electron chi connectivity index (χ3n) is 13.5. The second-order valence-corrected chi connectivity index (χ2v) is 20.2. The Balaban J connectivity index is 0.773. The number of aliphatic carboxylic acids is 1. The minimum atomic E-state index is -1.24. The molecule has 9 rings (SSSR count). The third-order valence-corrected chi connectivity index (χ3v) is 16.5. The van der Waals surface area contributed by atoms with Crippen LogP contribution in [0.2, 0.25) is 5.02 Å². The summed E-state index contributed by atoms with van der Waals surface area (Å²) in [7, 11) is 1.55. The Labute approximate surface area is 406 Å². The lowest BCUT2D eigenvalue weighted by Crippen LogP contribution is -2.44. The molecule has 2 atom stereocenters. The van der Waals surface area contributed by atoms with Crippen molar-refractivity contribution in [2.75, 3.05) is 48.8 Å². The van der Waals surface area contributed by atoms with Crippen LogP contribution in [0.15, 0.2) is 78.9 Å². The van der Waals surface area contributed by atoms with Gasteiger partial charge in [0.25, 0.3) is 5.91 Å². The molecule has 354 valence electrons. The van der Waals surface area contributed by atoms with E-state index in [1.54, 1.807) is 13.1 Å². The number of carboxylic acid groups (broad SMARTS) is 2. The lowest BCUT2D eigenvalue weighted by molar-refractivity contribution is -0.139. The summed E-state index contributed by atoms with van der Waals surface area (Å²) in [6.45, 7) is 1.35. The molecule has 4 aliphatic rings. The van der Waals surface area contributed by atoms with Crippen LogP contribution in [-0.4, -0.2) is 106 Å². The van der Waals surface area contributed by atoms with Crippen LogP contribution in [0.5, 0.6) is 5.75 Å². The number of hydrogen-bond acceptors (Lipinski definition) is 11. The molecule has 0 bridgehead atoms. The molecule has 1 aromatic heterocycles. The van der Waals surface area contributed by atoms with Gasteiger partial charge in [-0.2, -0.15) is 0 Å². The van der Waals surface area contributed by atoms with Gasteiger partial charge in [-0.05, 0) is 109 Å². The number of ether oxygens (including phenoxy) is 1. The number of anilines is 3. The monoisotopic (exact) mass is 978 g/mol. The molecule has 4 aromatic carbocycles. The number of aromatic carboxylic acids is 1. The first kappa shape index (κ1) is 46.9. The van der Waals surface area contributed by atoms with E-state index in [2.05, 4.69) is 32.4 Å². The Morgan fingerprint density at radius 2 is 1.74 bits per heavy atom. The first-order chi connectivity index (χ1) is 32.9. The van der Waals surface area contributed by atoms with Crippen molar-refractivity contribution in [3.63, 3.8) is 0 Å². The summed E-state index contributed by atoms with van der Waals surface area (Å²) in [4.78, 5) is 78.2. The Kier molecular flexibility index (Phi) is 13.7. The SMILES string of the molecule is CNC(=O)CCC(C=O)N1C(=O)c2cccc3c(C4CCN(C(=O)Nc5cccc(CSN6CCC(Nc7cccc(-c8sc(C(=O)O)c(OCC(=O)O)c8Cl)c7)CC67CC7)c5)CC4)ccc1c23. The number of nitrogens with one attached hydrogen (secondary N) is 3. The van der Waals surface area contributed by atoms with Crippen molar-refractivity contribution in [3.05, 3.63) is 105 Å². The first-order valence-corrected chi connectivity index (χ1v) is 24.9. The highest BCUT2D eigenvalue weighted by Crippen LogP contribution is 2.52. The molecule has 18 heteroatoms. The van der Waals surface area contributed by atoms with E-state index >= 15 is 0 Å². The van der Waals surface area contributed by atoms with E-state index in [0.717, 1.165) is 102 Å². The summed E-state index contributed by atoms with van der Waals surface area (Å²) in [5, 5.41) is 30.1. The van der Waals surface area contributed by atoms with E-state index in [1.165, 1.54) is 4.90 Å². The van der Waals surface area contributed by atoms with Crippen LogP contribution in [0, 0.1) is 0 Å². The largest absolute Gasteiger partial charge is 0.479 e. The molecule has 68 heavy (non-hydrogen) atoms. The van der Waals surface area contributed by atoms with Gasteiger partial charge in [-0.3, -0.25) is 14.5 Å². The van der Waals surface area contributed by atoms with Gasteiger partial charge in [-0.15, -0.1) is 11.3 Å². The smallest absolute Gasteiger partial charge is 0.349 e. The zero-order valence-electron chi connectivity index (χ0n) is 37.3. The number of thiophene rings is 1. The summed E-state index contributed by atoms with van der Waals surface area (Å²) in [6, 6.07) is 24.7. The number of likely N-dealkylation sites (tertiary alicyclic amines) is 1. The number of piperidine rings is 2. The molecule has 1 spiro atoms. The zero-order chi connectivity index (χ0) is 47.7. The second kappa shape index (κ2) is 19.8. The van der Waals surface area contributed by atoms with Crippen molar-refractivity contribution < 1.29 is 43.7 Å². The molecule has 4 amide bonds. The molecule has 1 saturated carbocycles. The molecule has 2 saturated heterocycles. The number of benzene rings is 4. The number of halogens is 1. The Morgan fingerprint density at radius 1 is 0.971 bits per heavy atom. The number of aldehydes is 1. The minimum absolute atomic E-state index is 0.0725. The fourth-order valence-electron chi connectivity index (χ4n) is 9.93. The quantitative estimate of drug-likeness (QED) is 0.0438. The van der Waals surface area contributed by atoms with Crippen molar-refractivity contribution in [3.8, 4) is 16.2 Å². The van der Waals surface area contributed by atoms with Gasteiger partial charge in [0, 0.05) is 72.8 Å². The summed E-state index contributed by atoms with van der Waals surface area (Å²) >= 11 is 9.35. The van der Waals surface area contributed by atoms with E-state index in [-0.39, 0.29) is 63.8 Å². The maximum Gasteiger partial charge on any atom is 0.349 e. The Bertz CT molecular complexity index is 2810. The average Bonchev–Trinajstić information content (AvgIpc) is 3.93. The predicted octanol–water partition coefficient (Wildman–Crippen LogP) is 9.11. The average molecular weight is 980 g/mol. The van der Waals surface area contributed by atoms with Gasteiger partial charge >= 0.3 is 18.0 Å². The zero-order valence-corrected chi connectivity index (χ0v) is 39.7. The highest BCUT2D eigenvalue weighted by molar-refractivity contribution is 7.96. The lowest BCUT2D eigenvalue weighted by atomic mass is 9.85. The standard InChI is InChI=1S/C50H51ClN6O9S2/c1-52-40(59)14-11-35(26-58)57-39-13-12-36(37-9-4-10-38(42(37)39)47(57)62)30-15-20-55(21-16-30)49(65)54-32-7-2-5-29(23-32)28-67-56-22-17-34(25-50(56)18-19-50)53-33-8-3-6-31(24-33)45-43(51)44(66-27-41(60)61)46(68-45)48(63)64/h2-10,12-13,23-24,26,30,34-35,53H,11,14-22,25,27-28H2,1H3,(H,52,59)(H,54,65)(H,60,61)(H,63,64). The highest BCUT2D eigenvalue weighted by Gasteiger charge is 2.52. The van der Waals surface area contributed by atoms with Gasteiger partial charge in [0.2, 0.25) is 5.91 Å². The number of amides is 4. The van der Waals surface area contributed by atoms with Crippen LogP contribution < -0.4 is 25.6 Å². The number of nitrogens with zero attached hydrogens (tertiary/aromatic N) is 3. The van der Waals surface area contributed by atoms with Crippen molar-refractivity contribution >= 4 is 98.8 Å². The summed E-state index contributed by atoms with van der Waals surface area (Å²) in [5.74, 6) is -2.10. The fourth-order valence-corrected chi connectivity index (χ4v) is 12.6. The number of carbonyl (C=O) groups is 6. The molecule has 15 nitrogen and oxygen atoms in total. The predicted molar refractivity (Wildman–Crippen MR) is 264 cm³/mol. The van der Waals surface area contributed by atoms with Gasteiger partial charge in [-0.1, -0.05) is 66.0 Å². The second-order valence-electron chi connectivity index (χ2n) is 17.8. The molecule has 3 fully saturated rings. The Hall–Kier alpha value is -6.14. The summed E-state index contributed by atoms with van der Waals surface area (Å²) < 4.78 is 7.79. The van der Waals surface area contributed by atoms with Gasteiger partial charge in [0.1, 0.15) is 11.3 Å². The topological polar surface area (TPSA) is 198 Å². The van der Waals surface area contributed by atoms with Gasteiger partial charge in [-0.25, -0.2) is 18.7 Å². The van der Waals surface area contributed by atoms with Gasteiger partial charge in [0.15, 0.2) is 17.2 Å². The molecule has 3 aliphatic heterocycles. The molecule has 0 radical (unpaired) electrons. The molecule has 4 heterocycles. The first-order valence-electron chi connectivity index (χ1n) is 22.7. The van der Waals surface area contributed by atoms with Crippen molar-refractivity contribution in [1.82, 2.24) is 14.5 Å². The Morgan fingerprint density at radius 3 is 2.47 bits per heavy atom. The third kappa shape index (κ3) is 9.62. The minimum Gasteiger partial charge on any atom is -0.479 e. The van der Waals surface area contributed by atoms with E-state index in [1.807, 2.05) is 77.5 Å². The molecule has 5 aromatic rings. The van der Waals surface area contributed by atoms with Crippen LogP contribution in [0.4, 0.5) is 21.9 Å². The van der Waals surface area contributed by atoms with Crippen LogP contribution in [0.3, 0.4) is 0 Å². The molecular formula is C50H51ClN6O9S2. The molecule has 5 N–H and O–H groups in total. The van der Waals surface area contributed by atoms with Crippen molar-refractivity contribution in [2.24, 2.45) is 0 Å². The van der Waals surface area contributed by atoms with E-state index in [0.29, 0.717) is 34.8 Å². The normalized spacial score (nSPS) is 18.1. The summed E-state index contributed by atoms with van der Waals surface area (Å²) in [6.07, 6.45) is 6.74. The summed E-state index contributed by atoms with van der Waals surface area (Å²) in [5.41, 5.74) is 5.92. The maximum absolute atomic E-state index is 13.6. The van der Waals surface area contributed by atoms with E-state index < -0.39 is 24.6 Å². The lowest BCUT2D eigenvalue weighted by Gasteiger charge is -2.40. The number of carbonyl (C=O) groups excluding carboxylic acids is 4. The number of urea groups is 1. The molecular weight excluding hydrogens is 928 g/mol. The van der Waals surface area contributed by atoms with Gasteiger partial charge < -0.3 is 40.6 Å². The maximum atomic E-state index is 13.6. The number of rotatable bonds is 17. The van der Waals surface area contributed by atoms with Crippen LogP contribution in [0.1, 0.15) is 88.4 Å². The van der Waals surface area contributed by atoms with E-state index in [4.69, 9.17) is 21.4 Å². The number of carboxylic acids is 2. The molecule has 1 aliphatic carbocycles. The van der Waals surface area contributed by atoms with Crippen LogP contribution in [-0.2, 0) is 20.1 Å².